The Balaban J connectivity index is 1.48. The molecule has 0 bridgehead atoms. The third-order valence-corrected chi connectivity index (χ3v) is 4.64. The Hall–Kier alpha value is -2.88. The van der Waals surface area contributed by atoms with E-state index < -0.39 is 0 Å². The van der Waals surface area contributed by atoms with E-state index in [2.05, 4.69) is 11.4 Å². The van der Waals surface area contributed by atoms with Gasteiger partial charge in [-0.05, 0) is 43.5 Å². The highest BCUT2D eigenvalue weighted by Gasteiger charge is 2.23. The van der Waals surface area contributed by atoms with Crippen molar-refractivity contribution in [2.45, 2.75) is 25.8 Å². The number of hydrogen-bond acceptors (Lipinski definition) is 2. The van der Waals surface area contributed by atoms with Gasteiger partial charge < -0.3 is 10.2 Å². The van der Waals surface area contributed by atoms with Crippen molar-refractivity contribution < 1.29 is 9.59 Å². The van der Waals surface area contributed by atoms with Gasteiger partial charge in [-0.25, -0.2) is 0 Å². The molecule has 0 spiro atoms. The van der Waals surface area contributed by atoms with Gasteiger partial charge in [0, 0.05) is 30.8 Å². The van der Waals surface area contributed by atoms with Gasteiger partial charge in [0.2, 0.25) is 5.91 Å². The Kier molecular flexibility index (Phi) is 5.84. The number of nitrogens with zero attached hydrogens (tertiary/aromatic N) is 1. The number of aryl methyl sites for hydroxylation is 1. The van der Waals surface area contributed by atoms with Crippen molar-refractivity contribution >= 4 is 17.9 Å². The zero-order valence-electron chi connectivity index (χ0n) is 15.0. The second-order valence-corrected chi connectivity index (χ2v) is 6.69. The second kappa shape index (κ2) is 8.48. The molecule has 0 saturated carbocycles. The Morgan fingerprint density at radius 1 is 1.04 bits per heavy atom. The first-order valence-electron chi connectivity index (χ1n) is 9.01. The van der Waals surface area contributed by atoms with Crippen molar-refractivity contribution in [1.29, 1.82) is 0 Å². The molecule has 0 aliphatic carbocycles. The number of piperidine rings is 1. The van der Waals surface area contributed by atoms with E-state index in [1.54, 1.807) is 6.08 Å². The van der Waals surface area contributed by atoms with Gasteiger partial charge in [0.1, 0.15) is 0 Å². The summed E-state index contributed by atoms with van der Waals surface area (Å²) in [5.41, 5.74) is 2.88. The van der Waals surface area contributed by atoms with E-state index >= 15 is 0 Å². The van der Waals surface area contributed by atoms with Gasteiger partial charge in [-0.2, -0.15) is 0 Å². The van der Waals surface area contributed by atoms with Crippen LogP contribution >= 0.6 is 0 Å². The third-order valence-electron chi connectivity index (χ3n) is 4.64. The smallest absolute Gasteiger partial charge is 0.251 e. The van der Waals surface area contributed by atoms with Crippen molar-refractivity contribution in [3.63, 3.8) is 0 Å². The van der Waals surface area contributed by atoms with Crippen molar-refractivity contribution in [1.82, 2.24) is 10.2 Å². The lowest BCUT2D eigenvalue weighted by Gasteiger charge is -2.31. The summed E-state index contributed by atoms with van der Waals surface area (Å²) in [5, 5.41) is 3.06. The van der Waals surface area contributed by atoms with Crippen LogP contribution in [0.2, 0.25) is 0 Å². The summed E-state index contributed by atoms with van der Waals surface area (Å²) < 4.78 is 0. The average Bonchev–Trinajstić information content (AvgIpc) is 2.67. The van der Waals surface area contributed by atoms with Gasteiger partial charge in [0.15, 0.2) is 0 Å². The van der Waals surface area contributed by atoms with Crippen LogP contribution in [0.1, 0.15) is 34.3 Å². The summed E-state index contributed by atoms with van der Waals surface area (Å²) in [7, 11) is 0. The minimum absolute atomic E-state index is 0.0272. The van der Waals surface area contributed by atoms with Crippen LogP contribution in [0.15, 0.2) is 60.7 Å². The summed E-state index contributed by atoms with van der Waals surface area (Å²) in [6, 6.07) is 17.4. The molecule has 0 atom stereocenters. The average molecular weight is 348 g/mol. The number of carbonyl (C=O) groups is 2. The number of rotatable bonds is 4. The minimum atomic E-state index is -0.0466. The number of hydrogen-bond donors (Lipinski definition) is 1. The zero-order valence-corrected chi connectivity index (χ0v) is 15.0. The van der Waals surface area contributed by atoms with E-state index in [0.717, 1.165) is 18.4 Å². The van der Waals surface area contributed by atoms with Gasteiger partial charge in [-0.1, -0.05) is 48.0 Å². The molecule has 0 unspecified atom stereocenters. The zero-order chi connectivity index (χ0) is 18.4. The van der Waals surface area contributed by atoms with Crippen molar-refractivity contribution in [3.05, 3.63) is 77.4 Å². The predicted molar refractivity (Wildman–Crippen MR) is 104 cm³/mol. The number of carbonyl (C=O) groups excluding carboxylic acids is 2. The molecule has 1 aliphatic rings. The summed E-state index contributed by atoms with van der Waals surface area (Å²) in [4.78, 5) is 26.4. The highest BCUT2D eigenvalue weighted by atomic mass is 16.2. The first kappa shape index (κ1) is 17.9. The van der Waals surface area contributed by atoms with Crippen LogP contribution in [-0.2, 0) is 4.79 Å². The molecule has 1 fully saturated rings. The molecule has 1 N–H and O–H groups in total. The first-order valence-corrected chi connectivity index (χ1v) is 9.01. The summed E-state index contributed by atoms with van der Waals surface area (Å²) >= 11 is 0. The topological polar surface area (TPSA) is 49.4 Å². The van der Waals surface area contributed by atoms with E-state index in [4.69, 9.17) is 0 Å². The lowest BCUT2D eigenvalue weighted by molar-refractivity contribution is -0.126. The molecule has 4 nitrogen and oxygen atoms in total. The van der Waals surface area contributed by atoms with Gasteiger partial charge in [-0.15, -0.1) is 0 Å². The summed E-state index contributed by atoms with van der Waals surface area (Å²) in [5.74, 6) is -0.0194. The molecule has 0 radical (unpaired) electrons. The Morgan fingerprint density at radius 2 is 1.77 bits per heavy atom. The fourth-order valence-corrected chi connectivity index (χ4v) is 3.15. The van der Waals surface area contributed by atoms with Gasteiger partial charge >= 0.3 is 0 Å². The maximum Gasteiger partial charge on any atom is 0.251 e. The molecule has 134 valence electrons. The SMILES string of the molecule is Cc1cccc(/C=C/C(=O)N2CCC(NC(=O)c3ccccc3)CC2)c1. The molecule has 3 rings (SSSR count). The maximum atomic E-state index is 12.4. The Morgan fingerprint density at radius 3 is 2.46 bits per heavy atom. The molecular formula is C22H24N2O2. The number of nitrogens with one attached hydrogen (secondary N) is 1. The quantitative estimate of drug-likeness (QED) is 0.861. The molecule has 1 aliphatic heterocycles. The minimum Gasteiger partial charge on any atom is -0.349 e. The molecule has 0 aromatic heterocycles. The van der Waals surface area contributed by atoms with Crippen LogP contribution in [0.3, 0.4) is 0 Å². The second-order valence-electron chi connectivity index (χ2n) is 6.69. The van der Waals surface area contributed by atoms with Gasteiger partial charge in [0.05, 0.1) is 0 Å². The lowest BCUT2D eigenvalue weighted by atomic mass is 10.0. The van der Waals surface area contributed by atoms with E-state index in [1.165, 1.54) is 5.56 Å². The molecule has 4 heteroatoms. The predicted octanol–water partition coefficient (Wildman–Crippen LogP) is 3.43. The molecule has 26 heavy (non-hydrogen) atoms. The van der Waals surface area contributed by atoms with Crippen molar-refractivity contribution in [2.24, 2.45) is 0 Å². The highest BCUT2D eigenvalue weighted by Crippen LogP contribution is 2.13. The molecule has 1 heterocycles. The van der Waals surface area contributed by atoms with Crippen LogP contribution in [-0.4, -0.2) is 35.8 Å². The van der Waals surface area contributed by atoms with Crippen LogP contribution in [0, 0.1) is 6.92 Å². The van der Waals surface area contributed by atoms with E-state index in [9.17, 15) is 9.59 Å². The molecule has 2 aromatic rings. The Labute approximate surface area is 154 Å². The van der Waals surface area contributed by atoms with Crippen molar-refractivity contribution in [3.8, 4) is 0 Å². The molecule has 2 aromatic carbocycles. The monoisotopic (exact) mass is 348 g/mol. The molecule has 1 saturated heterocycles. The third kappa shape index (κ3) is 4.82. The fourth-order valence-electron chi connectivity index (χ4n) is 3.15. The van der Waals surface area contributed by atoms with Crippen molar-refractivity contribution in [2.75, 3.05) is 13.1 Å². The lowest BCUT2D eigenvalue weighted by Crippen LogP contribution is -2.46. The van der Waals surface area contributed by atoms with Crippen LogP contribution in [0.5, 0.6) is 0 Å². The number of benzene rings is 2. The Bertz CT molecular complexity index is 791. The van der Waals surface area contributed by atoms with Crippen LogP contribution in [0.4, 0.5) is 0 Å². The van der Waals surface area contributed by atoms with Crippen LogP contribution in [0.25, 0.3) is 6.08 Å². The standard InChI is InChI=1S/C22H24N2O2/c1-17-6-5-7-18(16-17)10-11-21(25)24-14-12-20(13-15-24)23-22(26)19-8-3-2-4-9-19/h2-11,16,20H,12-15H2,1H3,(H,23,26)/b11-10+. The highest BCUT2D eigenvalue weighted by molar-refractivity contribution is 5.94. The van der Waals surface area contributed by atoms with Gasteiger partial charge in [-0.3, -0.25) is 9.59 Å². The number of amides is 2. The maximum absolute atomic E-state index is 12.4. The van der Waals surface area contributed by atoms with E-state index in [0.29, 0.717) is 18.7 Å². The van der Waals surface area contributed by atoms with E-state index in [1.807, 2.05) is 66.4 Å². The number of likely N-dealkylation sites (tertiary alicyclic amines) is 1. The van der Waals surface area contributed by atoms with Crippen LogP contribution < -0.4 is 5.32 Å². The normalized spacial score (nSPS) is 15.2. The first-order chi connectivity index (χ1) is 12.6. The fraction of sp³-hybridized carbons (Fsp3) is 0.273. The van der Waals surface area contributed by atoms with E-state index in [-0.39, 0.29) is 17.9 Å². The van der Waals surface area contributed by atoms with Gasteiger partial charge in [0.25, 0.3) is 5.91 Å². The molecular weight excluding hydrogens is 324 g/mol. The largest absolute Gasteiger partial charge is 0.349 e. The summed E-state index contributed by atoms with van der Waals surface area (Å²) in [6.45, 7) is 3.36. The molecule has 2 amide bonds. The summed E-state index contributed by atoms with van der Waals surface area (Å²) in [6.07, 6.45) is 5.06.